The molecule has 0 aliphatic carbocycles. The first-order valence-corrected chi connectivity index (χ1v) is 4.42. The summed E-state index contributed by atoms with van der Waals surface area (Å²) in [6.45, 7) is 4.57. The topological polar surface area (TPSA) is 21.1 Å². The third-order valence-electron chi connectivity index (χ3n) is 1.54. The summed E-state index contributed by atoms with van der Waals surface area (Å²) in [6.07, 6.45) is 3.80. The number of nitrogens with zero attached hydrogens (tertiary/aromatic N) is 3. The van der Waals surface area contributed by atoms with Crippen molar-refractivity contribution in [1.82, 2.24) is 9.78 Å². The number of anilines is 1. The van der Waals surface area contributed by atoms with E-state index in [4.69, 9.17) is 0 Å². The molecule has 4 heteroatoms. The van der Waals surface area contributed by atoms with E-state index in [2.05, 4.69) is 32.5 Å². The van der Waals surface area contributed by atoms with E-state index in [1.165, 1.54) is 0 Å². The number of hydrogen-bond acceptors (Lipinski definition) is 2. The molecule has 12 heavy (non-hydrogen) atoms. The first-order valence-electron chi connectivity index (χ1n) is 3.62. The summed E-state index contributed by atoms with van der Waals surface area (Å²) in [5.41, 5.74) is 1.10. The van der Waals surface area contributed by atoms with Crippen LogP contribution in [0.3, 0.4) is 0 Å². The van der Waals surface area contributed by atoms with Crippen LogP contribution in [-0.4, -0.2) is 23.4 Å². The van der Waals surface area contributed by atoms with Crippen molar-refractivity contribution in [2.24, 2.45) is 7.05 Å². The van der Waals surface area contributed by atoms with Gasteiger partial charge in [-0.1, -0.05) is 22.5 Å². The van der Waals surface area contributed by atoms with E-state index in [-0.39, 0.29) is 0 Å². The minimum Gasteiger partial charge on any atom is -0.367 e. The largest absolute Gasteiger partial charge is 0.367 e. The first-order chi connectivity index (χ1) is 5.59. The number of rotatable bonds is 3. The maximum Gasteiger partial charge on any atom is 0.0752 e. The normalized spacial score (nSPS) is 9.92. The quantitative estimate of drug-likeness (QED) is 0.788. The summed E-state index contributed by atoms with van der Waals surface area (Å²) in [5, 5.41) is 4.08. The molecule has 0 saturated carbocycles. The third kappa shape index (κ3) is 2.37. The van der Waals surface area contributed by atoms with Crippen LogP contribution in [0.5, 0.6) is 0 Å². The van der Waals surface area contributed by atoms with Crippen LogP contribution in [0.1, 0.15) is 0 Å². The molecule has 0 radical (unpaired) electrons. The SMILES string of the molecule is C=C(Br)CN(C)c1cnn(C)c1. The smallest absolute Gasteiger partial charge is 0.0752 e. The average molecular weight is 230 g/mol. The summed E-state index contributed by atoms with van der Waals surface area (Å²) in [6, 6.07) is 0. The second kappa shape index (κ2) is 3.76. The number of aryl methyl sites for hydroxylation is 1. The Bertz CT molecular complexity index is 280. The zero-order valence-electron chi connectivity index (χ0n) is 7.29. The fourth-order valence-electron chi connectivity index (χ4n) is 0.954. The highest BCUT2D eigenvalue weighted by Crippen LogP contribution is 2.12. The van der Waals surface area contributed by atoms with Crippen molar-refractivity contribution in [3.05, 3.63) is 23.5 Å². The van der Waals surface area contributed by atoms with E-state index in [0.717, 1.165) is 16.7 Å². The molecular weight excluding hydrogens is 218 g/mol. The highest BCUT2D eigenvalue weighted by atomic mass is 79.9. The Morgan fingerprint density at radius 2 is 2.50 bits per heavy atom. The van der Waals surface area contributed by atoms with Crippen molar-refractivity contribution in [3.8, 4) is 0 Å². The van der Waals surface area contributed by atoms with E-state index >= 15 is 0 Å². The third-order valence-corrected chi connectivity index (χ3v) is 1.79. The molecule has 66 valence electrons. The Labute approximate surface area is 80.8 Å². The lowest BCUT2D eigenvalue weighted by Gasteiger charge is -2.15. The molecule has 0 N–H and O–H groups in total. The Morgan fingerprint density at radius 3 is 2.92 bits per heavy atom. The van der Waals surface area contributed by atoms with Gasteiger partial charge in [0, 0.05) is 31.3 Å². The summed E-state index contributed by atoms with van der Waals surface area (Å²) in [4.78, 5) is 2.07. The highest BCUT2D eigenvalue weighted by molar-refractivity contribution is 9.11. The molecule has 1 aromatic heterocycles. The number of aromatic nitrogens is 2. The Hall–Kier alpha value is -0.770. The van der Waals surface area contributed by atoms with Crippen LogP contribution >= 0.6 is 15.9 Å². The Balaban J connectivity index is 2.64. The van der Waals surface area contributed by atoms with Gasteiger partial charge >= 0.3 is 0 Å². The maximum atomic E-state index is 4.08. The van der Waals surface area contributed by atoms with Crippen molar-refractivity contribution in [1.29, 1.82) is 0 Å². The molecule has 0 aromatic carbocycles. The van der Waals surface area contributed by atoms with Gasteiger partial charge in [0.1, 0.15) is 0 Å². The van der Waals surface area contributed by atoms with Gasteiger partial charge in [-0.05, 0) is 0 Å². The second-order valence-electron chi connectivity index (χ2n) is 2.75. The molecule has 0 saturated heterocycles. The van der Waals surface area contributed by atoms with Gasteiger partial charge < -0.3 is 4.90 Å². The second-order valence-corrected chi connectivity index (χ2v) is 3.87. The number of halogens is 1. The highest BCUT2D eigenvalue weighted by Gasteiger charge is 2.02. The van der Waals surface area contributed by atoms with Crippen molar-refractivity contribution in [2.75, 3.05) is 18.5 Å². The van der Waals surface area contributed by atoms with Crippen LogP contribution in [0.4, 0.5) is 5.69 Å². The van der Waals surface area contributed by atoms with Gasteiger partial charge in [0.15, 0.2) is 0 Å². The molecule has 0 aliphatic heterocycles. The van der Waals surface area contributed by atoms with Gasteiger partial charge in [-0.2, -0.15) is 5.10 Å². The van der Waals surface area contributed by atoms with E-state index in [0.29, 0.717) is 0 Å². The fourth-order valence-corrected chi connectivity index (χ4v) is 1.33. The van der Waals surface area contributed by atoms with Gasteiger partial charge in [-0.3, -0.25) is 4.68 Å². The van der Waals surface area contributed by atoms with E-state index in [9.17, 15) is 0 Å². The van der Waals surface area contributed by atoms with E-state index in [1.807, 2.05) is 26.5 Å². The minimum absolute atomic E-state index is 0.797. The molecule has 0 aliphatic rings. The predicted octanol–water partition coefficient (Wildman–Crippen LogP) is 1.76. The van der Waals surface area contributed by atoms with E-state index in [1.54, 1.807) is 4.68 Å². The molecule has 1 heterocycles. The summed E-state index contributed by atoms with van der Waals surface area (Å²) >= 11 is 3.32. The van der Waals surface area contributed by atoms with Crippen molar-refractivity contribution < 1.29 is 0 Å². The van der Waals surface area contributed by atoms with E-state index < -0.39 is 0 Å². The van der Waals surface area contributed by atoms with Gasteiger partial charge in [-0.15, -0.1) is 0 Å². The first kappa shape index (κ1) is 9.32. The van der Waals surface area contributed by atoms with Crippen LogP contribution in [-0.2, 0) is 7.05 Å². The molecule has 1 rings (SSSR count). The van der Waals surface area contributed by atoms with Crippen molar-refractivity contribution in [3.63, 3.8) is 0 Å². The molecule has 0 fully saturated rings. The van der Waals surface area contributed by atoms with Gasteiger partial charge in [0.05, 0.1) is 11.9 Å². The molecular formula is C8H12BrN3. The fraction of sp³-hybridized carbons (Fsp3) is 0.375. The Kier molecular flexibility index (Phi) is 2.92. The zero-order valence-corrected chi connectivity index (χ0v) is 8.87. The maximum absolute atomic E-state index is 4.08. The summed E-state index contributed by atoms with van der Waals surface area (Å²) < 4.78 is 2.75. The molecule has 0 bridgehead atoms. The van der Waals surface area contributed by atoms with Crippen LogP contribution < -0.4 is 4.90 Å². The van der Waals surface area contributed by atoms with Gasteiger partial charge in [-0.25, -0.2) is 0 Å². The lowest BCUT2D eigenvalue weighted by molar-refractivity contribution is 0.767. The standard InChI is InChI=1S/C8H12BrN3/c1-7(9)5-11(2)8-4-10-12(3)6-8/h4,6H,1,5H2,2-3H3. The number of likely N-dealkylation sites (N-methyl/N-ethyl adjacent to an activating group) is 1. The molecule has 0 amide bonds. The zero-order chi connectivity index (χ0) is 9.14. The van der Waals surface area contributed by atoms with Crippen LogP contribution in [0.2, 0.25) is 0 Å². The van der Waals surface area contributed by atoms with Crippen molar-refractivity contribution in [2.45, 2.75) is 0 Å². The monoisotopic (exact) mass is 229 g/mol. The lowest BCUT2D eigenvalue weighted by atomic mass is 10.4. The van der Waals surface area contributed by atoms with Gasteiger partial charge in [0.25, 0.3) is 0 Å². The molecule has 0 spiro atoms. The van der Waals surface area contributed by atoms with Gasteiger partial charge in [0.2, 0.25) is 0 Å². The molecule has 0 unspecified atom stereocenters. The Morgan fingerprint density at radius 1 is 1.83 bits per heavy atom. The van der Waals surface area contributed by atoms with Crippen LogP contribution in [0.15, 0.2) is 23.5 Å². The van der Waals surface area contributed by atoms with Crippen LogP contribution in [0, 0.1) is 0 Å². The predicted molar refractivity (Wildman–Crippen MR) is 54.5 cm³/mol. The summed E-state index contributed by atoms with van der Waals surface area (Å²) in [7, 11) is 3.91. The molecule has 3 nitrogen and oxygen atoms in total. The minimum atomic E-state index is 0.797. The number of hydrogen-bond donors (Lipinski definition) is 0. The van der Waals surface area contributed by atoms with Crippen LogP contribution in [0.25, 0.3) is 0 Å². The lowest BCUT2D eigenvalue weighted by Crippen LogP contribution is -2.17. The summed E-state index contributed by atoms with van der Waals surface area (Å²) in [5.74, 6) is 0. The van der Waals surface area contributed by atoms with Crippen molar-refractivity contribution >= 4 is 21.6 Å². The average Bonchev–Trinajstić information content (AvgIpc) is 2.34. The molecule has 1 aromatic rings. The molecule has 0 atom stereocenters.